The summed E-state index contributed by atoms with van der Waals surface area (Å²) in [6, 6.07) is 0.126. The van der Waals surface area contributed by atoms with Gasteiger partial charge in [-0.25, -0.2) is 0 Å². The van der Waals surface area contributed by atoms with Crippen LogP contribution in [0.2, 0.25) is 0 Å². The van der Waals surface area contributed by atoms with Crippen molar-refractivity contribution in [2.45, 2.75) is 32.7 Å². The smallest absolute Gasteiger partial charge is 0.325 e. The van der Waals surface area contributed by atoms with Crippen LogP contribution in [-0.2, 0) is 19.1 Å². The number of nitrogens with zero attached hydrogens (tertiary/aromatic N) is 1. The average molecular weight is 242 g/mol. The molecular formula is C11H18N2O4. The predicted octanol–water partition coefficient (Wildman–Crippen LogP) is -0.323. The second-order valence-electron chi connectivity index (χ2n) is 3.97. The van der Waals surface area contributed by atoms with Crippen molar-refractivity contribution in [3.8, 4) is 0 Å². The second-order valence-corrected chi connectivity index (χ2v) is 3.97. The summed E-state index contributed by atoms with van der Waals surface area (Å²) >= 11 is 0. The maximum absolute atomic E-state index is 11.8. The van der Waals surface area contributed by atoms with Gasteiger partial charge in [-0.15, -0.1) is 0 Å². The van der Waals surface area contributed by atoms with Crippen molar-refractivity contribution in [3.05, 3.63) is 0 Å². The van der Waals surface area contributed by atoms with E-state index in [2.05, 4.69) is 5.32 Å². The van der Waals surface area contributed by atoms with E-state index in [1.165, 1.54) is 11.8 Å². The van der Waals surface area contributed by atoms with E-state index in [1.807, 2.05) is 0 Å². The summed E-state index contributed by atoms with van der Waals surface area (Å²) < 4.78 is 4.81. The van der Waals surface area contributed by atoms with Crippen LogP contribution >= 0.6 is 0 Å². The van der Waals surface area contributed by atoms with Gasteiger partial charge in [0.2, 0.25) is 11.8 Å². The Morgan fingerprint density at radius 1 is 1.35 bits per heavy atom. The number of ether oxygens (including phenoxy) is 1. The van der Waals surface area contributed by atoms with Crippen molar-refractivity contribution in [1.29, 1.82) is 0 Å². The number of rotatable bonds is 6. The van der Waals surface area contributed by atoms with Gasteiger partial charge in [0.25, 0.3) is 0 Å². The maximum Gasteiger partial charge on any atom is 0.325 e. The molecule has 6 nitrogen and oxygen atoms in total. The topological polar surface area (TPSA) is 75.7 Å². The number of carbonyl (C=O) groups is 3. The Bertz CT molecular complexity index is 313. The molecule has 0 aliphatic heterocycles. The van der Waals surface area contributed by atoms with E-state index < -0.39 is 5.97 Å². The molecule has 96 valence electrons. The normalized spacial score (nSPS) is 14.0. The van der Waals surface area contributed by atoms with Crippen LogP contribution in [0.15, 0.2) is 0 Å². The lowest BCUT2D eigenvalue weighted by Crippen LogP contribution is -2.43. The Balaban J connectivity index is 2.44. The van der Waals surface area contributed by atoms with Crippen molar-refractivity contribution in [3.63, 3.8) is 0 Å². The van der Waals surface area contributed by atoms with Gasteiger partial charge in [-0.1, -0.05) is 0 Å². The first kappa shape index (κ1) is 13.5. The van der Waals surface area contributed by atoms with Crippen LogP contribution < -0.4 is 5.32 Å². The van der Waals surface area contributed by atoms with Gasteiger partial charge in [-0.3, -0.25) is 14.4 Å². The highest BCUT2D eigenvalue weighted by atomic mass is 16.5. The summed E-state index contributed by atoms with van der Waals surface area (Å²) in [6.07, 6.45) is 1.82. The van der Waals surface area contributed by atoms with Gasteiger partial charge < -0.3 is 15.0 Å². The number of hydrogen-bond donors (Lipinski definition) is 1. The second kappa shape index (κ2) is 6.22. The molecule has 1 N–H and O–H groups in total. The molecule has 0 unspecified atom stereocenters. The highest BCUT2D eigenvalue weighted by Gasteiger charge is 2.33. The molecule has 1 rings (SSSR count). The Hall–Kier alpha value is -1.59. The SMILES string of the molecule is CCOC(=O)CN(C(=O)CNC(C)=O)C1CC1. The zero-order valence-electron chi connectivity index (χ0n) is 10.2. The van der Waals surface area contributed by atoms with Crippen molar-refractivity contribution in [2.24, 2.45) is 0 Å². The van der Waals surface area contributed by atoms with Crippen molar-refractivity contribution in [2.75, 3.05) is 19.7 Å². The fourth-order valence-electron chi connectivity index (χ4n) is 1.45. The minimum Gasteiger partial charge on any atom is -0.465 e. The molecule has 0 spiro atoms. The van der Waals surface area contributed by atoms with Gasteiger partial charge in [0.05, 0.1) is 13.2 Å². The maximum atomic E-state index is 11.8. The van der Waals surface area contributed by atoms with E-state index in [4.69, 9.17) is 4.74 Å². The van der Waals surface area contributed by atoms with Gasteiger partial charge >= 0.3 is 5.97 Å². The third kappa shape index (κ3) is 4.84. The molecule has 17 heavy (non-hydrogen) atoms. The molecule has 6 heteroatoms. The fraction of sp³-hybridized carbons (Fsp3) is 0.727. The summed E-state index contributed by atoms with van der Waals surface area (Å²) in [4.78, 5) is 35.3. The van der Waals surface area contributed by atoms with Crippen LogP contribution in [0, 0.1) is 0 Å². The lowest BCUT2D eigenvalue weighted by atomic mass is 10.4. The van der Waals surface area contributed by atoms with Crippen LogP contribution in [-0.4, -0.2) is 48.4 Å². The molecule has 1 aliphatic rings. The molecule has 0 aromatic carbocycles. The van der Waals surface area contributed by atoms with Crippen molar-refractivity contribution >= 4 is 17.8 Å². The Morgan fingerprint density at radius 3 is 2.47 bits per heavy atom. The molecule has 0 saturated heterocycles. The number of hydrogen-bond acceptors (Lipinski definition) is 4. The monoisotopic (exact) mass is 242 g/mol. The highest BCUT2D eigenvalue weighted by Crippen LogP contribution is 2.26. The van der Waals surface area contributed by atoms with E-state index in [1.54, 1.807) is 6.92 Å². The highest BCUT2D eigenvalue weighted by molar-refractivity contribution is 5.86. The van der Waals surface area contributed by atoms with E-state index in [0.717, 1.165) is 12.8 Å². The van der Waals surface area contributed by atoms with Crippen LogP contribution in [0.25, 0.3) is 0 Å². The molecule has 0 heterocycles. The van der Waals surface area contributed by atoms with Gasteiger partial charge in [0, 0.05) is 13.0 Å². The standard InChI is InChI=1S/C11H18N2O4/c1-3-17-11(16)7-13(9-4-5-9)10(15)6-12-8(2)14/h9H,3-7H2,1-2H3,(H,12,14). The number of esters is 1. The third-order valence-corrected chi connectivity index (χ3v) is 2.40. The average Bonchev–Trinajstić information content (AvgIpc) is 3.06. The Labute approximate surface area is 100 Å². The first-order chi connectivity index (χ1) is 8.04. The summed E-state index contributed by atoms with van der Waals surface area (Å²) in [5.74, 6) is -0.906. The Kier molecular flexibility index (Phi) is 4.93. The van der Waals surface area contributed by atoms with E-state index in [0.29, 0.717) is 6.61 Å². The van der Waals surface area contributed by atoms with Gasteiger partial charge in [-0.2, -0.15) is 0 Å². The molecular weight excluding hydrogens is 224 g/mol. The van der Waals surface area contributed by atoms with Crippen LogP contribution in [0.1, 0.15) is 26.7 Å². The number of amides is 2. The summed E-state index contributed by atoms with van der Waals surface area (Å²) in [5.41, 5.74) is 0. The largest absolute Gasteiger partial charge is 0.465 e. The van der Waals surface area contributed by atoms with Crippen molar-refractivity contribution in [1.82, 2.24) is 10.2 Å². The van der Waals surface area contributed by atoms with E-state index in [-0.39, 0.29) is 30.9 Å². The molecule has 0 aromatic rings. The first-order valence-corrected chi connectivity index (χ1v) is 5.74. The molecule has 0 atom stereocenters. The number of carbonyl (C=O) groups excluding carboxylic acids is 3. The molecule has 1 fully saturated rings. The molecule has 1 aliphatic carbocycles. The third-order valence-electron chi connectivity index (χ3n) is 2.40. The molecule has 0 radical (unpaired) electrons. The van der Waals surface area contributed by atoms with Gasteiger partial charge in [0.15, 0.2) is 0 Å². The minimum atomic E-state index is -0.407. The zero-order valence-corrected chi connectivity index (χ0v) is 10.2. The number of nitrogens with one attached hydrogen (secondary N) is 1. The van der Waals surface area contributed by atoms with Crippen LogP contribution in [0.4, 0.5) is 0 Å². The molecule has 0 bridgehead atoms. The molecule has 1 saturated carbocycles. The summed E-state index contributed by atoms with van der Waals surface area (Å²) in [5, 5.41) is 2.43. The van der Waals surface area contributed by atoms with Crippen molar-refractivity contribution < 1.29 is 19.1 Å². The molecule has 0 aromatic heterocycles. The lowest BCUT2D eigenvalue weighted by Gasteiger charge is -2.21. The zero-order chi connectivity index (χ0) is 12.8. The minimum absolute atomic E-state index is 0.0308. The Morgan fingerprint density at radius 2 is 2.00 bits per heavy atom. The van der Waals surface area contributed by atoms with E-state index >= 15 is 0 Å². The quantitative estimate of drug-likeness (QED) is 0.647. The van der Waals surface area contributed by atoms with Crippen LogP contribution in [0.5, 0.6) is 0 Å². The van der Waals surface area contributed by atoms with Gasteiger partial charge in [-0.05, 0) is 19.8 Å². The summed E-state index contributed by atoms with van der Waals surface area (Å²) in [6.45, 7) is 3.28. The first-order valence-electron chi connectivity index (χ1n) is 5.74. The van der Waals surface area contributed by atoms with E-state index in [9.17, 15) is 14.4 Å². The summed E-state index contributed by atoms with van der Waals surface area (Å²) in [7, 11) is 0. The van der Waals surface area contributed by atoms with Gasteiger partial charge in [0.1, 0.15) is 6.54 Å². The lowest BCUT2D eigenvalue weighted by molar-refractivity contribution is -0.149. The molecule has 2 amide bonds. The van der Waals surface area contributed by atoms with Crippen LogP contribution in [0.3, 0.4) is 0 Å². The predicted molar refractivity (Wildman–Crippen MR) is 60.1 cm³/mol. The fourth-order valence-corrected chi connectivity index (χ4v) is 1.45.